The molecular formula is C26H21N7OS. The van der Waals surface area contributed by atoms with Crippen molar-refractivity contribution in [3.05, 3.63) is 66.4 Å². The number of aromatic nitrogens is 6. The summed E-state index contributed by atoms with van der Waals surface area (Å²) in [5, 5.41) is 13.3. The van der Waals surface area contributed by atoms with E-state index in [2.05, 4.69) is 48.0 Å². The Morgan fingerprint density at radius 1 is 1.06 bits per heavy atom. The fraction of sp³-hybridized carbons (Fsp3) is 0.115. The Kier molecular flexibility index (Phi) is 5.11. The van der Waals surface area contributed by atoms with Crippen LogP contribution in [0.3, 0.4) is 0 Å². The summed E-state index contributed by atoms with van der Waals surface area (Å²) in [5.74, 6) is 0.501. The standard InChI is InChI=1S/C26H21N7OS/c1-14(2)26(34)29-17-9-15(11-27-13-17)16-10-19-23(32-33-24(19)28-12-16)25-30-20-6-3-5-18(22(20)31-25)21-7-4-8-35-21/h3-14H,1-2H3,(H,29,34)(H,30,31)(H,28,32,33). The van der Waals surface area contributed by atoms with Crippen LogP contribution >= 0.6 is 11.3 Å². The molecule has 172 valence electrons. The normalized spacial score (nSPS) is 11.5. The third-order valence-corrected chi connectivity index (χ3v) is 6.71. The molecule has 6 rings (SSSR count). The van der Waals surface area contributed by atoms with Gasteiger partial charge in [0.1, 0.15) is 5.69 Å². The van der Waals surface area contributed by atoms with Gasteiger partial charge in [-0.15, -0.1) is 11.3 Å². The summed E-state index contributed by atoms with van der Waals surface area (Å²) in [6.45, 7) is 3.71. The molecule has 0 aliphatic heterocycles. The minimum atomic E-state index is -0.116. The molecule has 0 atom stereocenters. The van der Waals surface area contributed by atoms with Gasteiger partial charge in [-0.3, -0.25) is 14.9 Å². The molecule has 6 aromatic rings. The first-order valence-corrected chi connectivity index (χ1v) is 12.1. The number of rotatable bonds is 5. The number of hydrogen-bond acceptors (Lipinski definition) is 6. The zero-order chi connectivity index (χ0) is 23.9. The Balaban J connectivity index is 1.41. The van der Waals surface area contributed by atoms with Crippen LogP contribution in [-0.2, 0) is 4.79 Å². The molecule has 5 aromatic heterocycles. The first-order chi connectivity index (χ1) is 17.1. The van der Waals surface area contributed by atoms with Gasteiger partial charge in [-0.05, 0) is 29.6 Å². The van der Waals surface area contributed by atoms with Gasteiger partial charge in [-0.25, -0.2) is 9.97 Å². The number of carbonyl (C=O) groups is 1. The number of nitrogens with zero attached hydrogens (tertiary/aromatic N) is 4. The number of anilines is 1. The Labute approximate surface area is 204 Å². The van der Waals surface area contributed by atoms with Crippen LogP contribution in [-0.4, -0.2) is 36.0 Å². The van der Waals surface area contributed by atoms with E-state index >= 15 is 0 Å². The number of H-pyrrole nitrogens is 2. The number of aromatic amines is 2. The second-order valence-corrected chi connectivity index (χ2v) is 9.51. The molecule has 0 aliphatic rings. The number of fused-ring (bicyclic) bond motifs is 2. The zero-order valence-corrected chi connectivity index (χ0v) is 19.9. The number of carbonyl (C=O) groups excluding carboxylic acids is 1. The summed E-state index contributed by atoms with van der Waals surface area (Å²) in [5.41, 5.74) is 6.66. The molecule has 8 nitrogen and oxygen atoms in total. The van der Waals surface area contributed by atoms with E-state index in [1.807, 2.05) is 44.2 Å². The van der Waals surface area contributed by atoms with Crippen molar-refractivity contribution in [2.75, 3.05) is 5.32 Å². The quantitative estimate of drug-likeness (QED) is 0.286. The molecule has 0 saturated carbocycles. The highest BCUT2D eigenvalue weighted by Crippen LogP contribution is 2.34. The Bertz CT molecular complexity index is 1680. The van der Waals surface area contributed by atoms with Crippen molar-refractivity contribution < 1.29 is 4.79 Å². The summed E-state index contributed by atoms with van der Waals surface area (Å²) < 4.78 is 0. The first-order valence-electron chi connectivity index (χ1n) is 11.2. The molecule has 9 heteroatoms. The van der Waals surface area contributed by atoms with Crippen LogP contribution in [0, 0.1) is 5.92 Å². The number of thiophene rings is 1. The number of hydrogen-bond donors (Lipinski definition) is 3. The predicted molar refractivity (Wildman–Crippen MR) is 139 cm³/mol. The van der Waals surface area contributed by atoms with Crippen molar-refractivity contribution in [2.24, 2.45) is 5.92 Å². The third-order valence-electron chi connectivity index (χ3n) is 5.80. The Morgan fingerprint density at radius 3 is 2.77 bits per heavy atom. The minimum absolute atomic E-state index is 0.0542. The molecule has 1 aromatic carbocycles. The monoisotopic (exact) mass is 479 g/mol. The van der Waals surface area contributed by atoms with Crippen molar-refractivity contribution in [2.45, 2.75) is 13.8 Å². The maximum Gasteiger partial charge on any atom is 0.226 e. The fourth-order valence-corrected chi connectivity index (χ4v) is 4.72. The highest BCUT2D eigenvalue weighted by atomic mass is 32.1. The molecule has 0 spiro atoms. The summed E-state index contributed by atoms with van der Waals surface area (Å²) >= 11 is 1.69. The molecule has 3 N–H and O–H groups in total. The van der Waals surface area contributed by atoms with Gasteiger partial charge in [-0.2, -0.15) is 5.10 Å². The molecule has 0 radical (unpaired) electrons. The lowest BCUT2D eigenvalue weighted by Crippen LogP contribution is -2.17. The topological polar surface area (TPSA) is 112 Å². The third kappa shape index (κ3) is 3.85. The van der Waals surface area contributed by atoms with Gasteiger partial charge in [0, 0.05) is 39.9 Å². The summed E-state index contributed by atoms with van der Waals surface area (Å²) in [7, 11) is 0. The van der Waals surface area contributed by atoms with E-state index in [1.165, 1.54) is 4.88 Å². The number of nitrogens with one attached hydrogen (secondary N) is 3. The summed E-state index contributed by atoms with van der Waals surface area (Å²) in [6, 6.07) is 14.2. The van der Waals surface area contributed by atoms with Crippen LogP contribution in [0.2, 0.25) is 0 Å². The lowest BCUT2D eigenvalue weighted by atomic mass is 10.1. The maximum atomic E-state index is 12.1. The highest BCUT2D eigenvalue weighted by Gasteiger charge is 2.17. The molecule has 0 saturated heterocycles. The van der Waals surface area contributed by atoms with Gasteiger partial charge in [0.05, 0.1) is 28.3 Å². The SMILES string of the molecule is CC(C)C(=O)Nc1cncc(-c2cnc3[nH]nc(-c4nc5c(-c6cccs6)cccc5[nH]4)c3c2)c1. The fourth-order valence-electron chi connectivity index (χ4n) is 3.97. The molecule has 35 heavy (non-hydrogen) atoms. The molecule has 0 fully saturated rings. The van der Waals surface area contributed by atoms with Gasteiger partial charge >= 0.3 is 0 Å². The largest absolute Gasteiger partial charge is 0.337 e. The average Bonchev–Trinajstić information content (AvgIpc) is 3.62. The van der Waals surface area contributed by atoms with Crippen LogP contribution < -0.4 is 5.32 Å². The lowest BCUT2D eigenvalue weighted by molar-refractivity contribution is -0.118. The molecular weight excluding hydrogens is 458 g/mol. The number of amides is 1. The molecule has 0 aliphatic carbocycles. The first kappa shape index (κ1) is 21.2. The van der Waals surface area contributed by atoms with Crippen LogP contribution in [0.1, 0.15) is 13.8 Å². The van der Waals surface area contributed by atoms with E-state index in [1.54, 1.807) is 29.9 Å². The Hall–Kier alpha value is -4.37. The second-order valence-electron chi connectivity index (χ2n) is 8.56. The van der Waals surface area contributed by atoms with Gasteiger partial charge in [0.2, 0.25) is 5.91 Å². The molecule has 1 amide bonds. The smallest absolute Gasteiger partial charge is 0.226 e. The van der Waals surface area contributed by atoms with Crippen molar-refractivity contribution in [3.63, 3.8) is 0 Å². The maximum absolute atomic E-state index is 12.1. The van der Waals surface area contributed by atoms with Crippen molar-refractivity contribution in [1.82, 2.24) is 30.1 Å². The van der Waals surface area contributed by atoms with Crippen molar-refractivity contribution in [1.29, 1.82) is 0 Å². The number of benzene rings is 1. The van der Waals surface area contributed by atoms with Crippen LogP contribution in [0.5, 0.6) is 0 Å². The summed E-state index contributed by atoms with van der Waals surface area (Å²) in [6.07, 6.45) is 5.16. The number of para-hydroxylation sites is 1. The lowest BCUT2D eigenvalue weighted by Gasteiger charge is -2.09. The van der Waals surface area contributed by atoms with Gasteiger partial charge < -0.3 is 10.3 Å². The van der Waals surface area contributed by atoms with Crippen LogP contribution in [0.15, 0.2) is 66.4 Å². The molecule has 0 bridgehead atoms. The number of pyridine rings is 2. The van der Waals surface area contributed by atoms with Crippen molar-refractivity contribution >= 4 is 45.0 Å². The van der Waals surface area contributed by atoms with E-state index in [0.717, 1.165) is 33.1 Å². The Morgan fingerprint density at radius 2 is 1.94 bits per heavy atom. The minimum Gasteiger partial charge on any atom is -0.337 e. The zero-order valence-electron chi connectivity index (χ0n) is 19.0. The highest BCUT2D eigenvalue weighted by molar-refractivity contribution is 7.13. The van der Waals surface area contributed by atoms with Crippen LogP contribution in [0.25, 0.3) is 55.2 Å². The van der Waals surface area contributed by atoms with Gasteiger partial charge in [-0.1, -0.05) is 32.0 Å². The van der Waals surface area contributed by atoms with Crippen molar-refractivity contribution in [3.8, 4) is 33.1 Å². The van der Waals surface area contributed by atoms with E-state index in [4.69, 9.17) is 4.98 Å². The van der Waals surface area contributed by atoms with E-state index in [-0.39, 0.29) is 11.8 Å². The average molecular weight is 480 g/mol. The van der Waals surface area contributed by atoms with Gasteiger partial charge in [0.15, 0.2) is 11.5 Å². The second kappa shape index (κ2) is 8.44. The van der Waals surface area contributed by atoms with E-state index < -0.39 is 0 Å². The van der Waals surface area contributed by atoms with E-state index in [0.29, 0.717) is 22.9 Å². The van der Waals surface area contributed by atoms with E-state index in [9.17, 15) is 4.79 Å². The molecule has 5 heterocycles. The van der Waals surface area contributed by atoms with Crippen LogP contribution in [0.4, 0.5) is 5.69 Å². The molecule has 0 unspecified atom stereocenters. The van der Waals surface area contributed by atoms with Gasteiger partial charge in [0.25, 0.3) is 0 Å². The summed E-state index contributed by atoms with van der Waals surface area (Å²) in [4.78, 5) is 30.5. The predicted octanol–water partition coefficient (Wildman–Crippen LogP) is 5.89. The number of imidazole rings is 1.